The summed E-state index contributed by atoms with van der Waals surface area (Å²) < 4.78 is 13.9. The molecule has 6 nitrogen and oxygen atoms in total. The molecule has 0 bridgehead atoms. The summed E-state index contributed by atoms with van der Waals surface area (Å²) in [6, 6.07) is 67.4. The van der Waals surface area contributed by atoms with Gasteiger partial charge in [0.05, 0.1) is 44.0 Å². The molecule has 15 aromatic rings. The number of hydrogen-bond donors (Lipinski definition) is 0. The predicted octanol–water partition coefficient (Wildman–Crippen LogP) is 14.5. The first kappa shape index (κ1) is 32.4. The standard InChI is InChI=1S/C56H31N5O/c1-2-15-34(16-3-1)59-43-22-10-6-18-36(43)41-30-33(27-29-46(41)59)54-57-55(51-39-21-9-13-25-48(39)62-56(51)58-54)60-45-24-12-8-20-38(45)49-47(60)31-42-37-19-7-11-23-44(37)61-52-35-17-5-4-14-32(35)26-28-40(52)50(49)53(42)61/h1-31H. The molecule has 0 aliphatic carbocycles. The third-order valence-electron chi connectivity index (χ3n) is 13.4. The second-order valence-electron chi connectivity index (χ2n) is 16.5. The molecule has 9 aromatic carbocycles. The molecule has 62 heavy (non-hydrogen) atoms. The van der Waals surface area contributed by atoms with Crippen LogP contribution in [0.5, 0.6) is 0 Å². The lowest BCUT2D eigenvalue weighted by Gasteiger charge is -2.11. The zero-order valence-electron chi connectivity index (χ0n) is 33.0. The minimum Gasteiger partial charge on any atom is -0.437 e. The van der Waals surface area contributed by atoms with Crippen molar-refractivity contribution in [2.24, 2.45) is 0 Å². The van der Waals surface area contributed by atoms with Gasteiger partial charge in [-0.15, -0.1) is 0 Å². The smallest absolute Gasteiger partial charge is 0.233 e. The number of nitrogens with zero attached hydrogens (tertiary/aromatic N) is 5. The molecular formula is C56H31N5O. The van der Waals surface area contributed by atoms with Crippen LogP contribution >= 0.6 is 0 Å². The molecule has 6 heterocycles. The van der Waals surface area contributed by atoms with Gasteiger partial charge in [0.1, 0.15) is 5.58 Å². The number of fused-ring (bicyclic) bond motifs is 18. The maximum Gasteiger partial charge on any atom is 0.233 e. The van der Waals surface area contributed by atoms with Gasteiger partial charge in [0.25, 0.3) is 0 Å². The lowest BCUT2D eigenvalue weighted by molar-refractivity contribution is 0.653. The molecule has 0 aliphatic rings. The second kappa shape index (κ2) is 11.6. The molecule has 0 N–H and O–H groups in total. The molecule has 6 aromatic heterocycles. The first-order chi connectivity index (χ1) is 30.8. The van der Waals surface area contributed by atoms with Crippen LogP contribution in [0, 0.1) is 0 Å². The van der Waals surface area contributed by atoms with E-state index in [-0.39, 0.29) is 0 Å². The zero-order valence-corrected chi connectivity index (χ0v) is 33.0. The van der Waals surface area contributed by atoms with Crippen LogP contribution in [0.3, 0.4) is 0 Å². The van der Waals surface area contributed by atoms with Crippen LogP contribution in [0.1, 0.15) is 0 Å². The van der Waals surface area contributed by atoms with Crippen LogP contribution in [-0.2, 0) is 0 Å². The summed E-state index contributed by atoms with van der Waals surface area (Å²) in [5, 5.41) is 14.0. The molecule has 0 saturated carbocycles. The van der Waals surface area contributed by atoms with Crippen LogP contribution in [0.4, 0.5) is 0 Å². The van der Waals surface area contributed by atoms with Crippen molar-refractivity contribution in [1.82, 2.24) is 23.5 Å². The lowest BCUT2D eigenvalue weighted by Crippen LogP contribution is -2.02. The van der Waals surface area contributed by atoms with Crippen molar-refractivity contribution in [1.29, 1.82) is 0 Å². The summed E-state index contributed by atoms with van der Waals surface area (Å²) in [7, 11) is 0. The van der Waals surface area contributed by atoms with Gasteiger partial charge in [-0.1, -0.05) is 127 Å². The normalized spacial score (nSPS) is 12.5. The Hall–Kier alpha value is -8.48. The van der Waals surface area contributed by atoms with Gasteiger partial charge in [-0.25, -0.2) is 4.98 Å². The van der Waals surface area contributed by atoms with Gasteiger partial charge in [0, 0.05) is 65.1 Å². The molecule has 0 fully saturated rings. The van der Waals surface area contributed by atoms with E-state index in [0.717, 1.165) is 60.9 Å². The highest BCUT2D eigenvalue weighted by atomic mass is 16.3. The van der Waals surface area contributed by atoms with Gasteiger partial charge in [0.15, 0.2) is 11.6 Å². The van der Waals surface area contributed by atoms with E-state index in [1.807, 2.05) is 12.1 Å². The van der Waals surface area contributed by atoms with Gasteiger partial charge in [-0.05, 0) is 66.0 Å². The molecule has 0 radical (unpaired) electrons. The quantitative estimate of drug-likeness (QED) is 0.179. The maximum atomic E-state index is 6.68. The third kappa shape index (κ3) is 4.04. The minimum atomic E-state index is 0.558. The van der Waals surface area contributed by atoms with Crippen LogP contribution in [0.25, 0.3) is 137 Å². The number of rotatable bonds is 3. The van der Waals surface area contributed by atoms with Crippen molar-refractivity contribution in [2.45, 2.75) is 0 Å². The molecule has 15 rings (SSSR count). The Labute approximate surface area is 352 Å². The van der Waals surface area contributed by atoms with E-state index < -0.39 is 0 Å². The monoisotopic (exact) mass is 789 g/mol. The molecule has 0 atom stereocenters. The Morgan fingerprint density at radius 2 is 1.03 bits per heavy atom. The van der Waals surface area contributed by atoms with E-state index in [4.69, 9.17) is 14.4 Å². The molecule has 6 heteroatoms. The number of aromatic nitrogens is 5. The van der Waals surface area contributed by atoms with E-state index in [9.17, 15) is 0 Å². The van der Waals surface area contributed by atoms with E-state index in [0.29, 0.717) is 11.5 Å². The number of hydrogen-bond acceptors (Lipinski definition) is 3. The summed E-state index contributed by atoms with van der Waals surface area (Å²) in [5.41, 5.74) is 11.5. The topological polar surface area (TPSA) is 53.2 Å². The number of furan rings is 1. The third-order valence-corrected chi connectivity index (χ3v) is 13.4. The Kier molecular flexibility index (Phi) is 6.07. The molecule has 0 unspecified atom stereocenters. The zero-order chi connectivity index (χ0) is 40.2. The molecule has 0 saturated heterocycles. The van der Waals surface area contributed by atoms with E-state index in [1.54, 1.807) is 0 Å². The fourth-order valence-corrected chi connectivity index (χ4v) is 10.9. The minimum absolute atomic E-state index is 0.558. The van der Waals surface area contributed by atoms with Gasteiger partial charge in [-0.2, -0.15) is 4.98 Å². The van der Waals surface area contributed by atoms with Crippen molar-refractivity contribution in [3.63, 3.8) is 0 Å². The fourth-order valence-electron chi connectivity index (χ4n) is 10.9. The van der Waals surface area contributed by atoms with Crippen molar-refractivity contribution in [3.8, 4) is 22.9 Å². The molecule has 0 amide bonds. The largest absolute Gasteiger partial charge is 0.437 e. The van der Waals surface area contributed by atoms with Crippen molar-refractivity contribution in [3.05, 3.63) is 188 Å². The highest BCUT2D eigenvalue weighted by molar-refractivity contribution is 6.37. The summed E-state index contributed by atoms with van der Waals surface area (Å²) in [6.45, 7) is 0. The summed E-state index contributed by atoms with van der Waals surface area (Å²) >= 11 is 0. The lowest BCUT2D eigenvalue weighted by atomic mass is 10.00. The van der Waals surface area contributed by atoms with Crippen molar-refractivity contribution in [2.75, 3.05) is 0 Å². The Morgan fingerprint density at radius 1 is 0.371 bits per heavy atom. The molecule has 0 aliphatic heterocycles. The Morgan fingerprint density at radius 3 is 1.87 bits per heavy atom. The highest BCUT2D eigenvalue weighted by Gasteiger charge is 2.27. The molecule has 286 valence electrons. The van der Waals surface area contributed by atoms with Gasteiger partial charge >= 0.3 is 0 Å². The second-order valence-corrected chi connectivity index (χ2v) is 16.5. The average molecular weight is 790 g/mol. The van der Waals surface area contributed by atoms with Crippen LogP contribution < -0.4 is 0 Å². The van der Waals surface area contributed by atoms with Gasteiger partial charge in [0.2, 0.25) is 5.71 Å². The van der Waals surface area contributed by atoms with Crippen LogP contribution in [0.15, 0.2) is 192 Å². The highest BCUT2D eigenvalue weighted by Crippen LogP contribution is 2.49. The van der Waals surface area contributed by atoms with Crippen molar-refractivity contribution < 1.29 is 4.42 Å². The number of benzene rings is 9. The van der Waals surface area contributed by atoms with Gasteiger partial charge < -0.3 is 13.4 Å². The number of para-hydroxylation sites is 5. The SMILES string of the molecule is c1ccc(-n2c3ccccc3c3cc(-c4nc(-n5c6ccccc6c6c7c8ccc9ccccc9c8n8c9ccccc9c(cc65)c78)c5c(n4)oc4ccccc45)ccc32)cc1. The van der Waals surface area contributed by atoms with Crippen LogP contribution in [-0.4, -0.2) is 23.5 Å². The fraction of sp³-hybridized carbons (Fsp3) is 0. The summed E-state index contributed by atoms with van der Waals surface area (Å²) in [5.74, 6) is 1.40. The van der Waals surface area contributed by atoms with E-state index in [1.165, 1.54) is 65.0 Å². The first-order valence-corrected chi connectivity index (χ1v) is 21.1. The van der Waals surface area contributed by atoms with E-state index >= 15 is 0 Å². The average Bonchev–Trinajstić information content (AvgIpc) is 4.13. The molecular weight excluding hydrogens is 759 g/mol. The predicted molar refractivity (Wildman–Crippen MR) is 256 cm³/mol. The van der Waals surface area contributed by atoms with E-state index in [2.05, 4.69) is 189 Å². The van der Waals surface area contributed by atoms with Gasteiger partial charge in [-0.3, -0.25) is 4.57 Å². The summed E-state index contributed by atoms with van der Waals surface area (Å²) in [4.78, 5) is 10.9. The molecule has 0 spiro atoms. The van der Waals surface area contributed by atoms with Crippen molar-refractivity contribution >= 4 is 115 Å². The van der Waals surface area contributed by atoms with Crippen LogP contribution in [0.2, 0.25) is 0 Å². The first-order valence-electron chi connectivity index (χ1n) is 21.1. The maximum absolute atomic E-state index is 6.68. The summed E-state index contributed by atoms with van der Waals surface area (Å²) in [6.07, 6.45) is 0. The Balaban J connectivity index is 1.09. The Bertz CT molecular complexity index is 4390.